The average Bonchev–Trinajstić information content (AvgIpc) is 2.45. The van der Waals surface area contributed by atoms with Gasteiger partial charge in [-0.25, -0.2) is 0 Å². The summed E-state index contributed by atoms with van der Waals surface area (Å²) < 4.78 is 0. The molecule has 2 bridgehead atoms. The van der Waals surface area contributed by atoms with Crippen molar-refractivity contribution in [1.82, 2.24) is 4.98 Å². The Morgan fingerprint density at radius 2 is 2.56 bits per heavy atom. The second-order valence-electron chi connectivity index (χ2n) is 2.37. The van der Waals surface area contributed by atoms with Crippen LogP contribution in [-0.2, 0) is 6.42 Å². The second kappa shape index (κ2) is 1.81. The summed E-state index contributed by atoms with van der Waals surface area (Å²) in [6.45, 7) is 0. The average molecular weight is 139 g/mol. The van der Waals surface area contributed by atoms with E-state index in [1.807, 2.05) is 11.8 Å². The van der Waals surface area contributed by atoms with Gasteiger partial charge in [-0.3, -0.25) is 0 Å². The van der Waals surface area contributed by atoms with Crippen molar-refractivity contribution in [2.24, 2.45) is 0 Å². The van der Waals surface area contributed by atoms with E-state index >= 15 is 0 Å². The molecule has 0 amide bonds. The predicted molar refractivity (Wildman–Crippen MR) is 40.8 cm³/mol. The van der Waals surface area contributed by atoms with E-state index in [1.54, 1.807) is 0 Å². The van der Waals surface area contributed by atoms with Crippen molar-refractivity contribution in [2.45, 2.75) is 11.7 Å². The van der Waals surface area contributed by atoms with Gasteiger partial charge >= 0.3 is 0 Å². The number of thioether (sulfide) groups is 1. The molecule has 0 aromatic carbocycles. The molecule has 0 saturated heterocycles. The Balaban J connectivity index is 2.33. The van der Waals surface area contributed by atoms with Gasteiger partial charge in [0.15, 0.2) is 0 Å². The zero-order valence-electron chi connectivity index (χ0n) is 5.35. The van der Waals surface area contributed by atoms with Crippen molar-refractivity contribution >= 4 is 11.8 Å². The molecular weight excluding hydrogens is 130 g/mol. The number of aromatic amines is 1. The highest BCUT2D eigenvalue weighted by atomic mass is 32.2. The van der Waals surface area contributed by atoms with E-state index in [-0.39, 0.29) is 0 Å². The van der Waals surface area contributed by atoms with Gasteiger partial charge in [0.05, 0.1) is 0 Å². The largest absolute Gasteiger partial charge is 0.361 e. The Hall–Kier alpha value is -0.370. The number of nitrogens with one attached hydrogen (secondary N) is 1. The lowest BCUT2D eigenvalue weighted by Crippen LogP contribution is -1.90. The van der Waals surface area contributed by atoms with Crippen molar-refractivity contribution in [3.8, 4) is 0 Å². The van der Waals surface area contributed by atoms with Crippen molar-refractivity contribution in [3.05, 3.63) is 23.5 Å². The van der Waals surface area contributed by atoms with Gasteiger partial charge in [0.2, 0.25) is 0 Å². The highest BCUT2D eigenvalue weighted by Crippen LogP contribution is 2.34. The highest BCUT2D eigenvalue weighted by Gasteiger charge is 2.19. The standard InChI is InChI=1S/C7H9NS/c1-9-7-4-5-2-3-6(7)8-5/h2-3,7-8H,4H2,1H3. The molecule has 0 fully saturated rings. The van der Waals surface area contributed by atoms with Crippen molar-refractivity contribution in [2.75, 3.05) is 6.26 Å². The van der Waals surface area contributed by atoms with Crippen LogP contribution in [0.25, 0.3) is 0 Å². The van der Waals surface area contributed by atoms with E-state index in [2.05, 4.69) is 23.4 Å². The maximum atomic E-state index is 3.33. The maximum absolute atomic E-state index is 3.33. The van der Waals surface area contributed by atoms with E-state index in [1.165, 1.54) is 17.8 Å². The number of H-pyrrole nitrogens is 1. The van der Waals surface area contributed by atoms with E-state index in [0.29, 0.717) is 0 Å². The first-order valence-electron chi connectivity index (χ1n) is 3.11. The van der Waals surface area contributed by atoms with Crippen LogP contribution in [0.3, 0.4) is 0 Å². The smallest absolute Gasteiger partial charge is 0.0499 e. The van der Waals surface area contributed by atoms with Gasteiger partial charge in [-0.05, 0) is 18.4 Å². The predicted octanol–water partition coefficient (Wildman–Crippen LogP) is 1.97. The van der Waals surface area contributed by atoms with Crippen LogP contribution in [0.1, 0.15) is 16.6 Å². The van der Waals surface area contributed by atoms with Crippen LogP contribution >= 0.6 is 11.8 Å². The third-order valence-electron chi connectivity index (χ3n) is 1.81. The minimum atomic E-state index is 0.727. The topological polar surface area (TPSA) is 15.8 Å². The lowest BCUT2D eigenvalue weighted by molar-refractivity contribution is 0.977. The van der Waals surface area contributed by atoms with E-state index in [4.69, 9.17) is 0 Å². The maximum Gasteiger partial charge on any atom is 0.0499 e. The van der Waals surface area contributed by atoms with Crippen LogP contribution < -0.4 is 0 Å². The second-order valence-corrected chi connectivity index (χ2v) is 3.41. The monoisotopic (exact) mass is 139 g/mol. The molecule has 9 heavy (non-hydrogen) atoms. The first-order valence-corrected chi connectivity index (χ1v) is 4.39. The van der Waals surface area contributed by atoms with Crippen molar-refractivity contribution in [3.63, 3.8) is 0 Å². The third-order valence-corrected chi connectivity index (χ3v) is 2.80. The molecule has 1 atom stereocenters. The summed E-state index contributed by atoms with van der Waals surface area (Å²) in [5, 5.41) is 0.727. The van der Waals surface area contributed by atoms with Crippen LogP contribution in [0.4, 0.5) is 0 Å². The molecule has 48 valence electrons. The van der Waals surface area contributed by atoms with Gasteiger partial charge in [0.25, 0.3) is 0 Å². The fourth-order valence-electron chi connectivity index (χ4n) is 1.29. The SMILES string of the molecule is CSC1Cc2ccc1[nH]2. The highest BCUT2D eigenvalue weighted by molar-refractivity contribution is 7.98. The van der Waals surface area contributed by atoms with Gasteiger partial charge < -0.3 is 4.98 Å². The van der Waals surface area contributed by atoms with E-state index in [9.17, 15) is 0 Å². The molecule has 0 aliphatic carbocycles. The molecule has 1 aliphatic heterocycles. The van der Waals surface area contributed by atoms with Crippen LogP contribution in [0.15, 0.2) is 12.1 Å². The number of hydrogen-bond donors (Lipinski definition) is 1. The zero-order valence-corrected chi connectivity index (χ0v) is 6.16. The number of fused-ring (bicyclic) bond motifs is 2. The Bertz CT molecular complexity index is 216. The summed E-state index contributed by atoms with van der Waals surface area (Å²) in [4.78, 5) is 3.33. The molecule has 1 aliphatic rings. The van der Waals surface area contributed by atoms with Crippen molar-refractivity contribution in [1.29, 1.82) is 0 Å². The van der Waals surface area contributed by atoms with E-state index in [0.717, 1.165) is 5.25 Å². The number of rotatable bonds is 1. The summed E-state index contributed by atoms with van der Waals surface area (Å²) in [5.41, 5.74) is 2.79. The van der Waals surface area contributed by atoms with Gasteiger partial charge in [0.1, 0.15) is 0 Å². The molecule has 0 radical (unpaired) electrons. The first-order chi connectivity index (χ1) is 4.40. The van der Waals surface area contributed by atoms with Crippen LogP contribution in [-0.4, -0.2) is 11.2 Å². The number of aromatic nitrogens is 1. The van der Waals surface area contributed by atoms with Crippen LogP contribution in [0.2, 0.25) is 0 Å². The molecule has 1 unspecified atom stereocenters. The fourth-order valence-corrected chi connectivity index (χ4v) is 2.02. The van der Waals surface area contributed by atoms with Crippen LogP contribution in [0, 0.1) is 0 Å². The molecule has 1 nitrogen and oxygen atoms in total. The van der Waals surface area contributed by atoms with Gasteiger partial charge in [-0.1, -0.05) is 0 Å². The summed E-state index contributed by atoms with van der Waals surface area (Å²) in [7, 11) is 0. The molecule has 1 aromatic heterocycles. The minimum Gasteiger partial charge on any atom is -0.361 e. The summed E-state index contributed by atoms with van der Waals surface area (Å²) in [5.74, 6) is 0. The minimum absolute atomic E-state index is 0.727. The quantitative estimate of drug-likeness (QED) is 0.629. The molecule has 2 heteroatoms. The summed E-state index contributed by atoms with van der Waals surface area (Å²) >= 11 is 1.92. The molecule has 1 aromatic rings. The Labute approximate surface area is 58.9 Å². The van der Waals surface area contributed by atoms with E-state index < -0.39 is 0 Å². The molecule has 2 rings (SSSR count). The summed E-state index contributed by atoms with van der Waals surface area (Å²) in [6.07, 6.45) is 3.38. The fraction of sp³-hybridized carbons (Fsp3) is 0.429. The molecule has 0 spiro atoms. The van der Waals surface area contributed by atoms with Gasteiger partial charge in [-0.15, -0.1) is 0 Å². The van der Waals surface area contributed by atoms with Crippen LogP contribution in [0.5, 0.6) is 0 Å². The Morgan fingerprint density at radius 1 is 1.67 bits per heavy atom. The third kappa shape index (κ3) is 0.697. The first kappa shape index (κ1) is 5.42. The van der Waals surface area contributed by atoms with Gasteiger partial charge in [0, 0.05) is 23.1 Å². The van der Waals surface area contributed by atoms with Gasteiger partial charge in [-0.2, -0.15) is 11.8 Å². The van der Waals surface area contributed by atoms with Crippen molar-refractivity contribution < 1.29 is 0 Å². The number of hydrogen-bond acceptors (Lipinski definition) is 1. The molecular formula is C7H9NS. The molecule has 1 N–H and O–H groups in total. The molecule has 2 heterocycles. The lowest BCUT2D eigenvalue weighted by atomic mass is 10.2. The zero-order chi connectivity index (χ0) is 6.27. The molecule has 0 saturated carbocycles. The Morgan fingerprint density at radius 3 is 2.89 bits per heavy atom. The normalized spacial score (nSPS) is 23.0. The lowest BCUT2D eigenvalue weighted by Gasteiger charge is -2.05. The Kier molecular flexibility index (Phi) is 1.09. The summed E-state index contributed by atoms with van der Waals surface area (Å²) in [6, 6.07) is 4.35.